The maximum absolute atomic E-state index is 12.4. The zero-order chi connectivity index (χ0) is 14.1. The Hall–Kier alpha value is -2.36. The number of ether oxygens (including phenoxy) is 1. The van der Waals surface area contributed by atoms with Gasteiger partial charge in [0.25, 0.3) is 0 Å². The first-order valence-electron chi connectivity index (χ1n) is 6.11. The Morgan fingerprint density at radius 3 is 2.20 bits per heavy atom. The van der Waals surface area contributed by atoms with Crippen molar-refractivity contribution in [3.8, 4) is 18.1 Å². The molecule has 2 atom stereocenters. The van der Waals surface area contributed by atoms with Gasteiger partial charge in [0, 0.05) is 24.3 Å². The molecule has 100 valence electrons. The summed E-state index contributed by atoms with van der Waals surface area (Å²) in [4.78, 5) is 0. The molecule has 2 aromatic carbocycles. The van der Waals surface area contributed by atoms with Crippen LogP contribution in [0.25, 0.3) is 0 Å². The predicted octanol–water partition coefficient (Wildman–Crippen LogP) is 0.704. The van der Waals surface area contributed by atoms with Crippen LogP contribution in [0, 0.1) is 22.8 Å². The van der Waals surface area contributed by atoms with Crippen LogP contribution in [0.1, 0.15) is 0 Å². The zero-order valence-electron chi connectivity index (χ0n) is 10.6. The SMILES string of the molecule is C#CCOc1ccc2c(c1)[NH+]([O-])c1ccccc1[NH+]2[O-]. The minimum Gasteiger partial charge on any atom is -0.623 e. The molecule has 20 heavy (non-hydrogen) atoms. The van der Waals surface area contributed by atoms with Gasteiger partial charge in [-0.15, -0.1) is 6.42 Å². The summed E-state index contributed by atoms with van der Waals surface area (Å²) < 4.78 is 5.29. The first kappa shape index (κ1) is 12.7. The summed E-state index contributed by atoms with van der Waals surface area (Å²) in [5.74, 6) is 2.85. The molecular weight excluding hydrogens is 256 g/mol. The molecule has 0 spiro atoms. The molecule has 0 fully saturated rings. The Bertz CT molecular complexity index is 694. The summed E-state index contributed by atoms with van der Waals surface area (Å²) in [6.45, 7) is 0.123. The molecule has 0 bridgehead atoms. The van der Waals surface area contributed by atoms with E-state index in [0.717, 1.165) is 0 Å². The van der Waals surface area contributed by atoms with Gasteiger partial charge in [-0.1, -0.05) is 18.1 Å². The third kappa shape index (κ3) is 1.93. The maximum atomic E-state index is 12.4. The van der Waals surface area contributed by atoms with Crippen molar-refractivity contribution in [1.29, 1.82) is 0 Å². The summed E-state index contributed by atoms with van der Waals surface area (Å²) in [5, 5.41) is 24.5. The van der Waals surface area contributed by atoms with Crippen molar-refractivity contribution < 1.29 is 14.9 Å². The number of rotatable bonds is 2. The zero-order valence-corrected chi connectivity index (χ0v) is 10.6. The summed E-state index contributed by atoms with van der Waals surface area (Å²) in [6, 6.07) is 11.7. The van der Waals surface area contributed by atoms with Crippen LogP contribution in [0.5, 0.6) is 5.75 Å². The smallest absolute Gasteiger partial charge is 0.202 e. The highest BCUT2D eigenvalue weighted by Gasteiger charge is 2.30. The van der Waals surface area contributed by atoms with Crippen molar-refractivity contribution in [2.24, 2.45) is 0 Å². The summed E-state index contributed by atoms with van der Waals surface area (Å²) in [6.07, 6.45) is 5.13. The van der Waals surface area contributed by atoms with Gasteiger partial charge in [0.1, 0.15) is 12.4 Å². The van der Waals surface area contributed by atoms with E-state index in [-0.39, 0.29) is 16.7 Å². The second-order valence-corrected chi connectivity index (χ2v) is 4.40. The van der Waals surface area contributed by atoms with Crippen LogP contribution in [0.2, 0.25) is 0 Å². The average Bonchev–Trinajstić information content (AvgIpc) is 2.50. The molecule has 0 radical (unpaired) electrons. The van der Waals surface area contributed by atoms with Crippen molar-refractivity contribution in [2.45, 2.75) is 0 Å². The molecule has 5 nitrogen and oxygen atoms in total. The molecule has 1 aliphatic heterocycles. The fourth-order valence-corrected chi connectivity index (χ4v) is 2.29. The molecule has 0 aromatic heterocycles. The van der Waals surface area contributed by atoms with Crippen molar-refractivity contribution >= 4 is 22.7 Å². The van der Waals surface area contributed by atoms with E-state index in [4.69, 9.17) is 11.2 Å². The van der Waals surface area contributed by atoms with Gasteiger partial charge in [-0.2, -0.15) is 0 Å². The highest BCUT2D eigenvalue weighted by atomic mass is 16.5. The number of para-hydroxylation sites is 2. The molecular formula is C15H12N2O3. The van der Waals surface area contributed by atoms with E-state index in [2.05, 4.69) is 5.92 Å². The molecule has 1 heterocycles. The van der Waals surface area contributed by atoms with E-state index >= 15 is 0 Å². The lowest BCUT2D eigenvalue weighted by Crippen LogP contribution is -3.07. The van der Waals surface area contributed by atoms with Gasteiger partial charge >= 0.3 is 0 Å². The number of benzene rings is 2. The minimum atomic E-state index is -0.165. The van der Waals surface area contributed by atoms with Gasteiger partial charge in [-0.25, -0.2) is 0 Å². The number of nitrogens with one attached hydrogen (secondary N) is 2. The lowest BCUT2D eigenvalue weighted by molar-refractivity contribution is -0.762. The van der Waals surface area contributed by atoms with Gasteiger partial charge in [0.05, 0.1) is 0 Å². The monoisotopic (exact) mass is 268 g/mol. The Labute approximate surface area is 116 Å². The Kier molecular flexibility index (Phi) is 3.14. The van der Waals surface area contributed by atoms with Crippen LogP contribution in [-0.2, 0) is 0 Å². The van der Waals surface area contributed by atoms with Gasteiger partial charge < -0.3 is 15.2 Å². The van der Waals surface area contributed by atoms with E-state index in [1.165, 1.54) is 0 Å². The largest absolute Gasteiger partial charge is 0.623 e. The number of hydrogen-bond acceptors (Lipinski definition) is 3. The van der Waals surface area contributed by atoms with Crippen molar-refractivity contribution in [1.82, 2.24) is 0 Å². The first-order chi connectivity index (χ1) is 9.72. The van der Waals surface area contributed by atoms with Crippen LogP contribution >= 0.6 is 0 Å². The summed E-state index contributed by atoms with van der Waals surface area (Å²) in [7, 11) is 0. The third-order valence-corrected chi connectivity index (χ3v) is 3.22. The van der Waals surface area contributed by atoms with Crippen molar-refractivity contribution in [3.05, 3.63) is 52.9 Å². The van der Waals surface area contributed by atoms with E-state index < -0.39 is 0 Å². The molecule has 5 heteroatoms. The normalized spacial score (nSPS) is 19.6. The third-order valence-electron chi connectivity index (χ3n) is 3.22. The second kappa shape index (κ2) is 4.96. The maximum Gasteiger partial charge on any atom is 0.202 e. The molecule has 0 saturated heterocycles. The average molecular weight is 268 g/mol. The Morgan fingerprint density at radius 1 is 0.950 bits per heavy atom. The van der Waals surface area contributed by atoms with E-state index in [1.54, 1.807) is 42.5 Å². The highest BCUT2D eigenvalue weighted by Crippen LogP contribution is 2.29. The van der Waals surface area contributed by atoms with E-state index in [1.807, 2.05) is 0 Å². The lowest BCUT2D eigenvalue weighted by atomic mass is 10.1. The fourth-order valence-electron chi connectivity index (χ4n) is 2.29. The highest BCUT2D eigenvalue weighted by molar-refractivity contribution is 5.66. The van der Waals surface area contributed by atoms with Crippen LogP contribution in [-0.4, -0.2) is 6.61 Å². The quantitative estimate of drug-likeness (QED) is 0.622. The molecule has 0 amide bonds. The first-order valence-corrected chi connectivity index (χ1v) is 6.11. The molecule has 1 aliphatic rings. The van der Waals surface area contributed by atoms with Crippen LogP contribution < -0.4 is 14.9 Å². The van der Waals surface area contributed by atoms with Crippen LogP contribution in [0.15, 0.2) is 42.5 Å². The number of hydrogen-bond donors (Lipinski definition) is 2. The molecule has 3 rings (SSSR count). The molecule has 2 N–H and O–H groups in total. The van der Waals surface area contributed by atoms with Crippen LogP contribution in [0.4, 0.5) is 22.7 Å². The molecule has 2 unspecified atom stereocenters. The second-order valence-electron chi connectivity index (χ2n) is 4.40. The van der Waals surface area contributed by atoms with Gasteiger partial charge in [-0.05, 0) is 6.07 Å². The minimum absolute atomic E-state index is 0.123. The summed E-state index contributed by atoms with van der Waals surface area (Å²) >= 11 is 0. The molecule has 0 aliphatic carbocycles. The topological polar surface area (TPSA) is 64.2 Å². The molecule has 0 saturated carbocycles. The van der Waals surface area contributed by atoms with Gasteiger partial charge in [0.2, 0.25) is 5.69 Å². The standard InChI is InChI=1S/C15H12N2O3/c1-2-9-20-11-7-8-14-15(10-11)17(19)13-6-4-3-5-12(13)16(14)18/h1,3-8,10,16-17H,9H2. The predicted molar refractivity (Wildman–Crippen MR) is 74.5 cm³/mol. The Balaban J connectivity index is 2.06. The summed E-state index contributed by atoms with van der Waals surface area (Å²) in [5.41, 5.74) is 1.64. The van der Waals surface area contributed by atoms with Crippen molar-refractivity contribution in [3.63, 3.8) is 0 Å². The lowest BCUT2D eigenvalue weighted by Gasteiger charge is -2.34. The van der Waals surface area contributed by atoms with Crippen molar-refractivity contribution in [2.75, 3.05) is 6.61 Å². The number of quaternary nitrogens is 2. The van der Waals surface area contributed by atoms with Gasteiger partial charge in [-0.3, -0.25) is 10.1 Å². The van der Waals surface area contributed by atoms with E-state index in [9.17, 15) is 10.4 Å². The van der Waals surface area contributed by atoms with E-state index in [0.29, 0.717) is 28.5 Å². The fraction of sp³-hybridized carbons (Fsp3) is 0.0667. The Morgan fingerprint density at radius 2 is 1.55 bits per heavy atom. The van der Waals surface area contributed by atoms with Crippen LogP contribution in [0.3, 0.4) is 0 Å². The number of fused-ring (bicyclic) bond motifs is 2. The van der Waals surface area contributed by atoms with Gasteiger partial charge in [0.15, 0.2) is 17.1 Å². The number of terminal acetylenes is 1. The molecule has 2 aromatic rings.